The molecule has 3 aromatic rings. The fourth-order valence-electron chi connectivity index (χ4n) is 2.96. The maximum atomic E-state index is 13.0. The molecule has 1 N–H and O–H groups in total. The molecular formula is C21H13ClF9NO3. The molecule has 0 aliphatic rings. The van der Waals surface area contributed by atoms with Gasteiger partial charge in [0.25, 0.3) is 5.60 Å². The van der Waals surface area contributed by atoms with E-state index >= 15 is 0 Å². The van der Waals surface area contributed by atoms with Crippen molar-refractivity contribution in [1.82, 2.24) is 4.98 Å². The summed E-state index contributed by atoms with van der Waals surface area (Å²) in [6.45, 7) is 1.06. The van der Waals surface area contributed by atoms with Crippen molar-refractivity contribution >= 4 is 11.6 Å². The summed E-state index contributed by atoms with van der Waals surface area (Å²) >= 11 is 5.79. The number of nitrogens with zero attached hydrogens (tertiary/aromatic N) is 1. The predicted octanol–water partition coefficient (Wildman–Crippen LogP) is 7.21. The Morgan fingerprint density at radius 3 is 1.91 bits per heavy atom. The van der Waals surface area contributed by atoms with Crippen LogP contribution in [-0.2, 0) is 18.4 Å². The van der Waals surface area contributed by atoms with Gasteiger partial charge in [0, 0.05) is 11.1 Å². The minimum Gasteiger partial charge on any atom is -0.486 e. The van der Waals surface area contributed by atoms with Gasteiger partial charge in [-0.3, -0.25) is 0 Å². The summed E-state index contributed by atoms with van der Waals surface area (Å²) in [6, 6.07) is 5.29. The Labute approximate surface area is 195 Å². The summed E-state index contributed by atoms with van der Waals surface area (Å²) < 4.78 is 127. The van der Waals surface area contributed by atoms with Crippen LogP contribution < -0.4 is 4.74 Å². The van der Waals surface area contributed by atoms with Crippen LogP contribution in [0.2, 0.25) is 5.02 Å². The van der Waals surface area contributed by atoms with Gasteiger partial charge in [-0.25, -0.2) is 4.98 Å². The number of rotatable bonds is 5. The molecule has 0 aliphatic heterocycles. The molecule has 0 unspecified atom stereocenters. The molecule has 4 nitrogen and oxygen atoms in total. The molecule has 1 aromatic heterocycles. The second-order valence-electron chi connectivity index (χ2n) is 7.24. The largest absolute Gasteiger partial charge is 0.486 e. The number of halogens is 10. The summed E-state index contributed by atoms with van der Waals surface area (Å²) in [7, 11) is 0. The first kappa shape index (κ1) is 26.7. The molecular weight excluding hydrogens is 521 g/mol. The van der Waals surface area contributed by atoms with E-state index in [2.05, 4.69) is 4.98 Å². The number of aliphatic hydroxyl groups is 1. The first-order chi connectivity index (χ1) is 15.9. The van der Waals surface area contributed by atoms with Crippen LogP contribution in [0.25, 0.3) is 11.5 Å². The van der Waals surface area contributed by atoms with Crippen molar-refractivity contribution in [2.75, 3.05) is 0 Å². The van der Waals surface area contributed by atoms with E-state index in [1.165, 1.54) is 6.92 Å². The highest BCUT2D eigenvalue weighted by molar-refractivity contribution is 6.32. The lowest BCUT2D eigenvalue weighted by atomic mass is 9.92. The third-order valence-corrected chi connectivity index (χ3v) is 5.18. The summed E-state index contributed by atoms with van der Waals surface area (Å²) in [6.07, 6.45) is -16.7. The Hall–Kier alpha value is -2.93. The van der Waals surface area contributed by atoms with Gasteiger partial charge in [0.15, 0.2) is 0 Å². The van der Waals surface area contributed by atoms with Gasteiger partial charge in [0.1, 0.15) is 23.8 Å². The van der Waals surface area contributed by atoms with Crippen LogP contribution in [-0.4, -0.2) is 22.4 Å². The van der Waals surface area contributed by atoms with E-state index in [9.17, 15) is 44.6 Å². The molecule has 190 valence electrons. The van der Waals surface area contributed by atoms with Gasteiger partial charge in [0.05, 0.1) is 10.6 Å². The Morgan fingerprint density at radius 1 is 0.886 bits per heavy atom. The average molecular weight is 534 g/mol. The van der Waals surface area contributed by atoms with E-state index in [4.69, 9.17) is 20.8 Å². The molecule has 35 heavy (non-hydrogen) atoms. The van der Waals surface area contributed by atoms with Gasteiger partial charge in [-0.15, -0.1) is 0 Å². The van der Waals surface area contributed by atoms with Crippen LogP contribution in [0, 0.1) is 6.92 Å². The first-order valence-corrected chi connectivity index (χ1v) is 9.75. The van der Waals surface area contributed by atoms with Crippen LogP contribution in [0.1, 0.15) is 22.6 Å². The van der Waals surface area contributed by atoms with Gasteiger partial charge >= 0.3 is 18.5 Å². The van der Waals surface area contributed by atoms with Crippen LogP contribution in [0.15, 0.2) is 46.9 Å². The maximum Gasteiger partial charge on any atom is 0.430 e. The standard InChI is InChI=1S/C21H13ClF9NO3/c1-10-15(32-17(35-10)11-2-4-12(5-3-11)19(23,24)25)9-34-16-7-6-13(8-14(16)22)18(33,20(26,27)28)21(29,30)31/h2-8,33H,9H2,1H3. The molecule has 1 heterocycles. The molecule has 0 aliphatic carbocycles. The fourth-order valence-corrected chi connectivity index (χ4v) is 3.20. The molecule has 14 heteroatoms. The van der Waals surface area contributed by atoms with E-state index < -0.39 is 46.9 Å². The van der Waals surface area contributed by atoms with Crippen molar-refractivity contribution in [3.8, 4) is 17.2 Å². The number of alkyl halides is 9. The van der Waals surface area contributed by atoms with E-state index in [0.29, 0.717) is 12.1 Å². The number of aryl methyl sites for hydroxylation is 1. The summed E-state index contributed by atoms with van der Waals surface area (Å²) in [5, 5.41) is 8.80. The molecule has 3 rings (SSSR count). The lowest BCUT2D eigenvalue weighted by molar-refractivity contribution is -0.376. The van der Waals surface area contributed by atoms with Gasteiger partial charge in [0.2, 0.25) is 5.89 Å². The molecule has 0 atom stereocenters. The molecule has 0 radical (unpaired) electrons. The van der Waals surface area contributed by atoms with Crippen molar-refractivity contribution in [3.05, 3.63) is 70.1 Å². The van der Waals surface area contributed by atoms with Gasteiger partial charge in [-0.05, 0) is 43.3 Å². The zero-order chi connectivity index (χ0) is 26.4. The van der Waals surface area contributed by atoms with E-state index in [1.807, 2.05) is 0 Å². The van der Waals surface area contributed by atoms with E-state index in [-0.39, 0.29) is 34.7 Å². The summed E-state index contributed by atoms with van der Waals surface area (Å²) in [4.78, 5) is 4.08. The number of ether oxygens (including phenoxy) is 1. The molecule has 2 aromatic carbocycles. The molecule has 0 saturated carbocycles. The average Bonchev–Trinajstić information content (AvgIpc) is 3.10. The Kier molecular flexibility index (Phi) is 6.81. The third kappa shape index (κ3) is 5.20. The highest BCUT2D eigenvalue weighted by Gasteiger charge is 2.71. The minimum atomic E-state index is -6.08. The van der Waals surface area contributed by atoms with Crippen molar-refractivity contribution in [1.29, 1.82) is 0 Å². The quantitative estimate of drug-likeness (QED) is 0.352. The van der Waals surface area contributed by atoms with E-state index in [1.54, 1.807) is 0 Å². The topological polar surface area (TPSA) is 55.5 Å². The zero-order valence-corrected chi connectivity index (χ0v) is 18.0. The fraction of sp³-hybridized carbons (Fsp3) is 0.286. The minimum absolute atomic E-state index is 0.0447. The second kappa shape index (κ2) is 8.94. The SMILES string of the molecule is Cc1oc(-c2ccc(C(F)(F)F)cc2)nc1COc1ccc(C(O)(C(F)(F)F)C(F)(F)F)cc1Cl. The molecule has 0 amide bonds. The highest BCUT2D eigenvalue weighted by atomic mass is 35.5. The van der Waals surface area contributed by atoms with Crippen LogP contribution in [0.5, 0.6) is 5.75 Å². The second-order valence-corrected chi connectivity index (χ2v) is 7.64. The van der Waals surface area contributed by atoms with Crippen LogP contribution in [0.4, 0.5) is 39.5 Å². The van der Waals surface area contributed by atoms with Gasteiger partial charge in [-0.2, -0.15) is 39.5 Å². The number of hydrogen-bond donors (Lipinski definition) is 1. The monoisotopic (exact) mass is 533 g/mol. The Balaban J connectivity index is 1.80. The Morgan fingerprint density at radius 2 is 1.43 bits per heavy atom. The molecule has 0 bridgehead atoms. The highest BCUT2D eigenvalue weighted by Crippen LogP contribution is 2.51. The zero-order valence-electron chi connectivity index (χ0n) is 17.2. The lowest BCUT2D eigenvalue weighted by Crippen LogP contribution is -2.53. The van der Waals surface area contributed by atoms with Crippen molar-refractivity contribution < 1.29 is 53.8 Å². The lowest BCUT2D eigenvalue weighted by Gasteiger charge is -2.32. The number of aromatic nitrogens is 1. The van der Waals surface area contributed by atoms with Gasteiger partial charge < -0.3 is 14.3 Å². The number of oxazole rings is 1. The van der Waals surface area contributed by atoms with Crippen molar-refractivity contribution in [3.63, 3.8) is 0 Å². The van der Waals surface area contributed by atoms with Crippen LogP contribution in [0.3, 0.4) is 0 Å². The van der Waals surface area contributed by atoms with Gasteiger partial charge in [-0.1, -0.05) is 17.7 Å². The van der Waals surface area contributed by atoms with Crippen molar-refractivity contribution in [2.45, 2.75) is 37.7 Å². The summed E-state index contributed by atoms with van der Waals surface area (Å²) in [5.41, 5.74) is -7.23. The number of benzene rings is 2. The van der Waals surface area contributed by atoms with E-state index in [0.717, 1.165) is 24.3 Å². The third-order valence-electron chi connectivity index (χ3n) is 4.89. The summed E-state index contributed by atoms with van der Waals surface area (Å²) in [5.74, 6) is -0.173. The maximum absolute atomic E-state index is 13.0. The smallest absolute Gasteiger partial charge is 0.430 e. The molecule has 0 saturated heterocycles. The van der Waals surface area contributed by atoms with Crippen molar-refractivity contribution in [2.24, 2.45) is 0 Å². The first-order valence-electron chi connectivity index (χ1n) is 9.37. The molecule has 0 spiro atoms. The normalized spacial score (nSPS) is 13.3. The molecule has 0 fully saturated rings. The predicted molar refractivity (Wildman–Crippen MR) is 103 cm³/mol. The Bertz CT molecular complexity index is 1180. The number of hydrogen-bond acceptors (Lipinski definition) is 4. The van der Waals surface area contributed by atoms with Crippen LogP contribution >= 0.6 is 11.6 Å².